The topological polar surface area (TPSA) is 64.6 Å². The Bertz CT molecular complexity index is 696. The van der Waals surface area contributed by atoms with Crippen LogP contribution in [0.5, 0.6) is 0 Å². The Hall–Kier alpha value is -3.08. The number of hydrogen-bond donors (Lipinski definition) is 1. The first kappa shape index (κ1) is 17.3. The van der Waals surface area contributed by atoms with Crippen LogP contribution in [-0.2, 0) is 20.9 Å². The number of esters is 1. The Morgan fingerprint density at radius 3 is 2.25 bits per heavy atom. The zero-order valence-electron chi connectivity index (χ0n) is 13.4. The zero-order valence-corrected chi connectivity index (χ0v) is 13.4. The van der Waals surface area contributed by atoms with Gasteiger partial charge in [-0.2, -0.15) is 0 Å². The third kappa shape index (κ3) is 5.61. The molecule has 0 saturated heterocycles. The highest BCUT2D eigenvalue weighted by atomic mass is 16.5. The molecule has 0 aliphatic carbocycles. The van der Waals surface area contributed by atoms with E-state index in [1.807, 2.05) is 60.7 Å². The SMILES string of the molecule is COC(=O)/C=C(/CNC(=O)OCc1ccccc1)c1ccccc1. The molecule has 124 valence electrons. The quantitative estimate of drug-likeness (QED) is 0.654. The maximum atomic E-state index is 11.8. The van der Waals surface area contributed by atoms with Gasteiger partial charge in [-0.25, -0.2) is 9.59 Å². The van der Waals surface area contributed by atoms with Crippen molar-refractivity contribution in [3.05, 3.63) is 77.9 Å². The molecular weight excluding hydrogens is 306 g/mol. The third-order valence-corrected chi connectivity index (χ3v) is 3.27. The number of carbonyl (C=O) groups is 2. The van der Waals surface area contributed by atoms with Crippen LogP contribution in [0.15, 0.2) is 66.7 Å². The minimum absolute atomic E-state index is 0.159. The monoisotopic (exact) mass is 325 g/mol. The fourth-order valence-corrected chi connectivity index (χ4v) is 2.03. The van der Waals surface area contributed by atoms with Gasteiger partial charge in [0.25, 0.3) is 0 Å². The van der Waals surface area contributed by atoms with Crippen molar-refractivity contribution in [2.75, 3.05) is 13.7 Å². The highest BCUT2D eigenvalue weighted by Crippen LogP contribution is 2.13. The van der Waals surface area contributed by atoms with E-state index in [-0.39, 0.29) is 13.2 Å². The molecule has 2 aromatic carbocycles. The van der Waals surface area contributed by atoms with Crippen molar-refractivity contribution in [3.63, 3.8) is 0 Å². The molecule has 0 radical (unpaired) electrons. The lowest BCUT2D eigenvalue weighted by Crippen LogP contribution is -2.26. The molecular formula is C19H19NO4. The summed E-state index contributed by atoms with van der Waals surface area (Å²) in [6.45, 7) is 0.348. The molecule has 1 amide bonds. The van der Waals surface area contributed by atoms with Crippen molar-refractivity contribution >= 4 is 17.6 Å². The number of nitrogens with one attached hydrogen (secondary N) is 1. The summed E-state index contributed by atoms with van der Waals surface area (Å²) in [6, 6.07) is 18.7. The molecule has 0 unspecified atom stereocenters. The van der Waals surface area contributed by atoms with E-state index in [0.717, 1.165) is 11.1 Å². The Morgan fingerprint density at radius 1 is 1.00 bits per heavy atom. The van der Waals surface area contributed by atoms with Crippen LogP contribution in [0.2, 0.25) is 0 Å². The molecule has 2 aromatic rings. The predicted molar refractivity (Wildman–Crippen MR) is 91.1 cm³/mol. The summed E-state index contributed by atoms with van der Waals surface area (Å²) in [6.07, 6.45) is 0.804. The molecule has 24 heavy (non-hydrogen) atoms. The van der Waals surface area contributed by atoms with Crippen LogP contribution in [-0.4, -0.2) is 25.7 Å². The molecule has 5 nitrogen and oxygen atoms in total. The number of hydrogen-bond acceptors (Lipinski definition) is 4. The maximum absolute atomic E-state index is 11.8. The number of amides is 1. The standard InChI is InChI=1S/C19H19NO4/c1-23-18(21)12-17(16-10-6-3-7-11-16)13-20-19(22)24-14-15-8-4-2-5-9-15/h2-12H,13-14H2,1H3,(H,20,22)/b17-12-. The minimum atomic E-state index is -0.550. The lowest BCUT2D eigenvalue weighted by Gasteiger charge is -2.10. The van der Waals surface area contributed by atoms with Crippen molar-refractivity contribution in [3.8, 4) is 0 Å². The van der Waals surface area contributed by atoms with Gasteiger partial charge in [-0.15, -0.1) is 0 Å². The third-order valence-electron chi connectivity index (χ3n) is 3.27. The number of carbonyl (C=O) groups excluding carboxylic acids is 2. The summed E-state index contributed by atoms with van der Waals surface area (Å²) < 4.78 is 9.81. The van der Waals surface area contributed by atoms with Crippen LogP contribution < -0.4 is 5.32 Å². The van der Waals surface area contributed by atoms with Crippen LogP contribution in [0.4, 0.5) is 4.79 Å². The molecule has 0 fully saturated rings. The fraction of sp³-hybridized carbons (Fsp3) is 0.158. The van der Waals surface area contributed by atoms with E-state index >= 15 is 0 Å². The van der Waals surface area contributed by atoms with Gasteiger partial charge in [0.2, 0.25) is 0 Å². The van der Waals surface area contributed by atoms with Gasteiger partial charge in [-0.1, -0.05) is 60.7 Å². The molecule has 0 heterocycles. The first-order valence-corrected chi connectivity index (χ1v) is 7.47. The number of methoxy groups -OCH3 is 1. The molecule has 0 spiro atoms. The molecule has 0 saturated carbocycles. The second-order valence-electron chi connectivity index (χ2n) is 4.97. The molecule has 0 aromatic heterocycles. The van der Waals surface area contributed by atoms with Gasteiger partial charge in [0.1, 0.15) is 6.61 Å². The fourth-order valence-electron chi connectivity index (χ4n) is 2.03. The smallest absolute Gasteiger partial charge is 0.407 e. The lowest BCUT2D eigenvalue weighted by atomic mass is 10.1. The van der Waals surface area contributed by atoms with Crippen molar-refractivity contribution in [1.29, 1.82) is 0 Å². The van der Waals surface area contributed by atoms with Crippen LogP contribution in [0, 0.1) is 0 Å². The first-order chi connectivity index (χ1) is 11.7. The molecule has 1 N–H and O–H groups in total. The summed E-state index contributed by atoms with van der Waals surface area (Å²) in [5.41, 5.74) is 2.37. The second-order valence-corrected chi connectivity index (χ2v) is 4.97. The normalized spacial score (nSPS) is 10.8. The Morgan fingerprint density at radius 2 is 1.62 bits per heavy atom. The highest BCUT2D eigenvalue weighted by molar-refractivity contribution is 5.92. The predicted octanol–water partition coefficient (Wildman–Crippen LogP) is 3.17. The van der Waals surface area contributed by atoms with Gasteiger partial charge in [-0.3, -0.25) is 0 Å². The lowest BCUT2D eigenvalue weighted by molar-refractivity contribution is -0.134. The molecule has 2 rings (SSSR count). The van der Waals surface area contributed by atoms with E-state index in [1.54, 1.807) is 0 Å². The summed E-state index contributed by atoms with van der Waals surface area (Å²) in [4.78, 5) is 23.3. The average molecular weight is 325 g/mol. The molecule has 0 bridgehead atoms. The van der Waals surface area contributed by atoms with Gasteiger partial charge in [0.15, 0.2) is 0 Å². The molecule has 0 aliphatic heterocycles. The average Bonchev–Trinajstić information content (AvgIpc) is 2.64. The Labute approximate surface area is 140 Å². The van der Waals surface area contributed by atoms with E-state index in [9.17, 15) is 9.59 Å². The summed E-state index contributed by atoms with van der Waals surface area (Å²) >= 11 is 0. The molecule has 0 aliphatic rings. The first-order valence-electron chi connectivity index (χ1n) is 7.47. The minimum Gasteiger partial charge on any atom is -0.466 e. The van der Waals surface area contributed by atoms with Gasteiger partial charge in [0, 0.05) is 12.6 Å². The van der Waals surface area contributed by atoms with Crippen LogP contribution in [0.1, 0.15) is 11.1 Å². The number of benzene rings is 2. The van der Waals surface area contributed by atoms with E-state index in [4.69, 9.17) is 4.74 Å². The van der Waals surface area contributed by atoms with Crippen molar-refractivity contribution in [1.82, 2.24) is 5.32 Å². The largest absolute Gasteiger partial charge is 0.466 e. The van der Waals surface area contributed by atoms with Crippen molar-refractivity contribution in [2.24, 2.45) is 0 Å². The summed E-state index contributed by atoms with van der Waals surface area (Å²) in [5, 5.41) is 2.64. The van der Waals surface area contributed by atoms with E-state index < -0.39 is 12.1 Å². The zero-order chi connectivity index (χ0) is 17.2. The van der Waals surface area contributed by atoms with Gasteiger partial charge < -0.3 is 14.8 Å². The van der Waals surface area contributed by atoms with E-state index in [2.05, 4.69) is 10.1 Å². The van der Waals surface area contributed by atoms with Gasteiger partial charge in [0.05, 0.1) is 7.11 Å². The Kier molecular flexibility index (Phi) is 6.58. The van der Waals surface area contributed by atoms with Crippen molar-refractivity contribution < 1.29 is 19.1 Å². The van der Waals surface area contributed by atoms with Crippen LogP contribution in [0.25, 0.3) is 5.57 Å². The van der Waals surface area contributed by atoms with Crippen LogP contribution in [0.3, 0.4) is 0 Å². The maximum Gasteiger partial charge on any atom is 0.407 e. The highest BCUT2D eigenvalue weighted by Gasteiger charge is 2.08. The molecule has 5 heteroatoms. The Balaban J connectivity index is 1.94. The summed E-state index contributed by atoms with van der Waals surface area (Å²) in [7, 11) is 1.31. The van der Waals surface area contributed by atoms with E-state index in [0.29, 0.717) is 5.57 Å². The van der Waals surface area contributed by atoms with Crippen LogP contribution >= 0.6 is 0 Å². The summed E-state index contributed by atoms with van der Waals surface area (Å²) in [5.74, 6) is -0.478. The van der Waals surface area contributed by atoms with Gasteiger partial charge in [-0.05, 0) is 16.7 Å². The number of rotatable bonds is 6. The number of alkyl carbamates (subject to hydrolysis) is 1. The van der Waals surface area contributed by atoms with E-state index in [1.165, 1.54) is 13.2 Å². The van der Waals surface area contributed by atoms with Crippen molar-refractivity contribution in [2.45, 2.75) is 6.61 Å². The second kappa shape index (κ2) is 9.15. The molecule has 0 atom stereocenters. The number of ether oxygens (including phenoxy) is 2. The van der Waals surface area contributed by atoms with Gasteiger partial charge >= 0.3 is 12.1 Å².